The van der Waals surface area contributed by atoms with Crippen LogP contribution in [0.5, 0.6) is 0 Å². The van der Waals surface area contributed by atoms with Crippen molar-refractivity contribution in [1.29, 1.82) is 0 Å². The summed E-state index contributed by atoms with van der Waals surface area (Å²) in [4.78, 5) is 0. The second kappa shape index (κ2) is 5.55. The largest absolute Gasteiger partial charge is 0.415 e. The van der Waals surface area contributed by atoms with E-state index < -0.39 is 8.32 Å². The van der Waals surface area contributed by atoms with E-state index in [0.717, 1.165) is 17.9 Å². The van der Waals surface area contributed by atoms with Crippen LogP contribution in [0.3, 0.4) is 0 Å². The zero-order valence-electron chi connectivity index (χ0n) is 12.4. The Balaban J connectivity index is 2.54. The van der Waals surface area contributed by atoms with Gasteiger partial charge in [-0.2, -0.15) is 5.10 Å². The summed E-state index contributed by atoms with van der Waals surface area (Å²) in [5.74, 6) is 0. The Morgan fingerprint density at radius 1 is 1.39 bits per heavy atom. The molecule has 18 heavy (non-hydrogen) atoms. The van der Waals surface area contributed by atoms with E-state index in [-0.39, 0.29) is 11.6 Å². The van der Waals surface area contributed by atoms with Crippen molar-refractivity contribution in [2.24, 2.45) is 0 Å². The Labute approximate surface area is 111 Å². The summed E-state index contributed by atoms with van der Waals surface area (Å²) in [6, 6.07) is 1.91. The van der Waals surface area contributed by atoms with Gasteiger partial charge in [-0.25, -0.2) is 0 Å². The highest BCUT2D eigenvalue weighted by Crippen LogP contribution is 2.36. The van der Waals surface area contributed by atoms with Gasteiger partial charge in [0.25, 0.3) is 0 Å². The lowest BCUT2D eigenvalue weighted by Crippen LogP contribution is -2.41. The molecule has 1 rings (SSSR count). The van der Waals surface area contributed by atoms with Crippen LogP contribution in [0, 0.1) is 6.92 Å². The van der Waals surface area contributed by atoms with E-state index in [0.29, 0.717) is 6.61 Å². The van der Waals surface area contributed by atoms with Crippen molar-refractivity contribution in [2.45, 2.75) is 59.0 Å². The molecule has 0 unspecified atom stereocenters. The summed E-state index contributed by atoms with van der Waals surface area (Å²) in [5, 5.41) is 13.6. The van der Waals surface area contributed by atoms with Crippen molar-refractivity contribution in [3.05, 3.63) is 17.5 Å². The molecule has 1 heterocycles. The maximum absolute atomic E-state index is 9.04. The van der Waals surface area contributed by atoms with Crippen molar-refractivity contribution in [2.75, 3.05) is 6.61 Å². The van der Waals surface area contributed by atoms with Gasteiger partial charge in [-0.15, -0.1) is 0 Å². The molecule has 0 saturated heterocycles. The van der Waals surface area contributed by atoms with E-state index in [9.17, 15) is 0 Å². The van der Waals surface area contributed by atoms with Crippen LogP contribution >= 0.6 is 0 Å². The number of aliphatic hydroxyl groups is 1. The van der Waals surface area contributed by atoms with Crippen LogP contribution in [-0.2, 0) is 17.6 Å². The normalized spacial score (nSPS) is 13.1. The van der Waals surface area contributed by atoms with E-state index in [1.807, 2.05) is 17.7 Å². The molecule has 0 aliphatic carbocycles. The fourth-order valence-electron chi connectivity index (χ4n) is 1.49. The first kappa shape index (κ1) is 15.4. The zero-order valence-corrected chi connectivity index (χ0v) is 13.4. The highest BCUT2D eigenvalue weighted by Gasteiger charge is 2.36. The Bertz CT molecular complexity index is 394. The highest BCUT2D eigenvalue weighted by molar-refractivity contribution is 6.74. The summed E-state index contributed by atoms with van der Waals surface area (Å²) < 4.78 is 8.01. The van der Waals surface area contributed by atoms with Crippen LogP contribution in [0.1, 0.15) is 32.2 Å². The van der Waals surface area contributed by atoms with E-state index in [1.54, 1.807) is 0 Å². The summed E-state index contributed by atoms with van der Waals surface area (Å²) >= 11 is 0. The van der Waals surface area contributed by atoms with Gasteiger partial charge in [0.2, 0.25) is 0 Å². The molecule has 1 aromatic heterocycles. The lowest BCUT2D eigenvalue weighted by molar-refractivity contribution is 0.258. The van der Waals surface area contributed by atoms with Gasteiger partial charge in [-0.05, 0) is 31.1 Å². The van der Waals surface area contributed by atoms with Gasteiger partial charge in [-0.1, -0.05) is 20.8 Å². The summed E-state index contributed by atoms with van der Waals surface area (Å²) in [7, 11) is -1.67. The Hall–Kier alpha value is -0.653. The zero-order chi connectivity index (χ0) is 14.0. The van der Waals surface area contributed by atoms with Gasteiger partial charge in [-0.3, -0.25) is 4.68 Å². The average molecular weight is 270 g/mol. The molecule has 0 aliphatic rings. The fourth-order valence-corrected chi connectivity index (χ4v) is 2.52. The van der Waals surface area contributed by atoms with Crippen molar-refractivity contribution in [3.8, 4) is 0 Å². The summed E-state index contributed by atoms with van der Waals surface area (Å²) in [6.07, 6.45) is 0. The molecule has 5 heteroatoms. The molecule has 0 atom stereocenters. The first-order valence-electron chi connectivity index (χ1n) is 6.45. The minimum absolute atomic E-state index is 0.00304. The van der Waals surface area contributed by atoms with E-state index in [1.165, 1.54) is 0 Å². The standard InChI is InChI=1S/C13H26N2O2Si/c1-11-9-12(10-16)14-15(11)7-8-17-18(5,6)13(2,3)4/h9,16H,7-8,10H2,1-6H3. The molecule has 0 radical (unpaired) electrons. The molecule has 0 spiro atoms. The number of hydrogen-bond donors (Lipinski definition) is 1. The summed E-state index contributed by atoms with van der Waals surface area (Å²) in [5.41, 5.74) is 1.79. The molecular formula is C13H26N2O2Si. The highest BCUT2D eigenvalue weighted by atomic mass is 28.4. The maximum Gasteiger partial charge on any atom is 0.192 e. The molecule has 0 fully saturated rings. The molecule has 0 aliphatic heterocycles. The van der Waals surface area contributed by atoms with Crippen molar-refractivity contribution in [3.63, 3.8) is 0 Å². The van der Waals surface area contributed by atoms with Crippen LogP contribution in [0.4, 0.5) is 0 Å². The Kier molecular flexibility index (Phi) is 4.75. The SMILES string of the molecule is Cc1cc(CO)nn1CCO[Si](C)(C)C(C)(C)C. The molecule has 104 valence electrons. The fraction of sp³-hybridized carbons (Fsp3) is 0.769. The number of aliphatic hydroxyl groups excluding tert-OH is 1. The third-order valence-electron chi connectivity index (χ3n) is 3.77. The number of aryl methyl sites for hydroxylation is 1. The third-order valence-corrected chi connectivity index (χ3v) is 8.30. The second-order valence-electron chi connectivity index (χ2n) is 6.27. The van der Waals surface area contributed by atoms with Crippen molar-refractivity contribution < 1.29 is 9.53 Å². The molecule has 1 aromatic rings. The molecular weight excluding hydrogens is 244 g/mol. The topological polar surface area (TPSA) is 47.3 Å². The molecule has 0 saturated carbocycles. The van der Waals surface area contributed by atoms with Gasteiger partial charge in [0.05, 0.1) is 25.5 Å². The molecule has 0 amide bonds. The predicted molar refractivity (Wildman–Crippen MR) is 76.0 cm³/mol. The lowest BCUT2D eigenvalue weighted by Gasteiger charge is -2.36. The van der Waals surface area contributed by atoms with Crippen LogP contribution < -0.4 is 0 Å². The number of rotatable bonds is 5. The molecule has 1 N–H and O–H groups in total. The number of hydrogen-bond acceptors (Lipinski definition) is 3. The van der Waals surface area contributed by atoms with Crippen LogP contribution in [0.2, 0.25) is 18.1 Å². The van der Waals surface area contributed by atoms with Gasteiger partial charge in [0.15, 0.2) is 8.32 Å². The van der Waals surface area contributed by atoms with Gasteiger partial charge in [0.1, 0.15) is 0 Å². The number of nitrogens with zero attached hydrogens (tertiary/aromatic N) is 2. The third kappa shape index (κ3) is 3.67. The van der Waals surface area contributed by atoms with Crippen molar-refractivity contribution >= 4 is 8.32 Å². The smallest absolute Gasteiger partial charge is 0.192 e. The van der Waals surface area contributed by atoms with Crippen LogP contribution in [-0.4, -0.2) is 29.8 Å². The lowest BCUT2D eigenvalue weighted by atomic mass is 10.2. The van der Waals surface area contributed by atoms with Crippen molar-refractivity contribution in [1.82, 2.24) is 9.78 Å². The quantitative estimate of drug-likeness (QED) is 0.837. The van der Waals surface area contributed by atoms with E-state index in [2.05, 4.69) is 39.0 Å². The Morgan fingerprint density at radius 2 is 2.00 bits per heavy atom. The number of aromatic nitrogens is 2. The average Bonchev–Trinajstić information content (AvgIpc) is 2.58. The Morgan fingerprint density at radius 3 is 2.44 bits per heavy atom. The molecule has 0 aromatic carbocycles. The van der Waals surface area contributed by atoms with Gasteiger partial charge >= 0.3 is 0 Å². The summed E-state index contributed by atoms with van der Waals surface area (Å²) in [6.45, 7) is 14.6. The van der Waals surface area contributed by atoms with Crippen LogP contribution in [0.25, 0.3) is 0 Å². The minimum atomic E-state index is -1.67. The predicted octanol–water partition coefficient (Wildman–Crippen LogP) is 2.71. The minimum Gasteiger partial charge on any atom is -0.415 e. The van der Waals surface area contributed by atoms with E-state index in [4.69, 9.17) is 9.53 Å². The monoisotopic (exact) mass is 270 g/mol. The van der Waals surface area contributed by atoms with Gasteiger partial charge in [0, 0.05) is 5.69 Å². The first-order valence-corrected chi connectivity index (χ1v) is 9.36. The second-order valence-corrected chi connectivity index (χ2v) is 11.1. The first-order chi connectivity index (χ1) is 8.17. The maximum atomic E-state index is 9.04. The van der Waals surface area contributed by atoms with Crippen LogP contribution in [0.15, 0.2) is 6.07 Å². The molecule has 0 bridgehead atoms. The van der Waals surface area contributed by atoms with E-state index >= 15 is 0 Å². The van der Waals surface area contributed by atoms with Gasteiger partial charge < -0.3 is 9.53 Å². The molecule has 4 nitrogen and oxygen atoms in total.